The largest absolute Gasteiger partial charge is 0.496 e. The van der Waals surface area contributed by atoms with E-state index in [9.17, 15) is 13.6 Å². The minimum Gasteiger partial charge on any atom is -0.496 e. The molecule has 21 heavy (non-hydrogen) atoms. The third kappa shape index (κ3) is 3.78. The summed E-state index contributed by atoms with van der Waals surface area (Å²) in [6.45, 7) is 0.128. The van der Waals surface area contributed by atoms with Crippen LogP contribution in [0.2, 0.25) is 0 Å². The van der Waals surface area contributed by atoms with E-state index in [1.807, 2.05) is 0 Å². The van der Waals surface area contributed by atoms with Gasteiger partial charge in [-0.1, -0.05) is 6.07 Å². The smallest absolute Gasteiger partial charge is 0.255 e. The molecule has 0 unspecified atom stereocenters. The Hall–Kier alpha value is -1.95. The number of hydrogen-bond acceptors (Lipinski definition) is 2. The van der Waals surface area contributed by atoms with E-state index >= 15 is 0 Å². The van der Waals surface area contributed by atoms with Crippen molar-refractivity contribution in [3.63, 3.8) is 0 Å². The monoisotopic (exact) mass is 355 g/mol. The number of methoxy groups -OCH3 is 1. The molecule has 1 amide bonds. The van der Waals surface area contributed by atoms with Gasteiger partial charge < -0.3 is 10.1 Å². The molecular formula is C15H12BrF2NO2. The number of carbonyl (C=O) groups is 1. The molecule has 3 nitrogen and oxygen atoms in total. The Balaban J connectivity index is 2.11. The summed E-state index contributed by atoms with van der Waals surface area (Å²) in [6, 6.07) is 8.22. The first-order chi connectivity index (χ1) is 10.0. The van der Waals surface area contributed by atoms with Crippen LogP contribution >= 0.6 is 15.9 Å². The van der Waals surface area contributed by atoms with E-state index in [0.717, 1.165) is 6.07 Å². The molecule has 0 aromatic heterocycles. The van der Waals surface area contributed by atoms with Crippen molar-refractivity contribution in [2.75, 3.05) is 7.11 Å². The molecule has 0 aliphatic heterocycles. The third-order valence-electron chi connectivity index (χ3n) is 2.84. The predicted octanol–water partition coefficient (Wildman–Crippen LogP) is 3.67. The molecule has 0 radical (unpaired) electrons. The van der Waals surface area contributed by atoms with E-state index in [-0.39, 0.29) is 17.9 Å². The van der Waals surface area contributed by atoms with Crippen LogP contribution < -0.4 is 10.1 Å². The zero-order valence-corrected chi connectivity index (χ0v) is 12.7. The van der Waals surface area contributed by atoms with E-state index in [0.29, 0.717) is 10.0 Å². The first-order valence-corrected chi connectivity index (χ1v) is 6.86. The molecule has 2 aromatic rings. The second-order valence-corrected chi connectivity index (χ2v) is 5.13. The molecule has 2 aromatic carbocycles. The van der Waals surface area contributed by atoms with Crippen molar-refractivity contribution in [2.24, 2.45) is 0 Å². The van der Waals surface area contributed by atoms with Crippen molar-refractivity contribution in [1.29, 1.82) is 0 Å². The maximum atomic E-state index is 13.4. The van der Waals surface area contributed by atoms with Gasteiger partial charge in [-0.15, -0.1) is 0 Å². The van der Waals surface area contributed by atoms with Crippen molar-refractivity contribution in [3.8, 4) is 5.75 Å². The van der Waals surface area contributed by atoms with Gasteiger partial charge in [0.05, 0.1) is 17.1 Å². The van der Waals surface area contributed by atoms with Gasteiger partial charge in [0, 0.05) is 6.54 Å². The molecule has 0 saturated carbocycles. The summed E-state index contributed by atoms with van der Waals surface area (Å²) >= 11 is 3.05. The average molecular weight is 356 g/mol. The number of ether oxygens (including phenoxy) is 1. The molecule has 0 aliphatic rings. The number of amides is 1. The van der Waals surface area contributed by atoms with Crippen molar-refractivity contribution in [2.45, 2.75) is 6.54 Å². The molecule has 0 heterocycles. The summed E-state index contributed by atoms with van der Waals surface area (Å²) in [7, 11) is 1.40. The fourth-order valence-corrected chi connectivity index (χ4v) is 2.03. The fraction of sp³-hybridized carbons (Fsp3) is 0.133. The Morgan fingerprint density at radius 2 is 2.00 bits per heavy atom. The number of benzene rings is 2. The summed E-state index contributed by atoms with van der Waals surface area (Å²) in [4.78, 5) is 12.0. The molecule has 0 aliphatic carbocycles. The second-order valence-electron chi connectivity index (χ2n) is 4.28. The van der Waals surface area contributed by atoms with Crippen LogP contribution in [-0.4, -0.2) is 13.0 Å². The SMILES string of the molecule is COc1ccc(F)cc1C(=O)NCc1ccc(Br)c(F)c1. The lowest BCUT2D eigenvalue weighted by Gasteiger charge is -2.10. The van der Waals surface area contributed by atoms with E-state index in [1.165, 1.54) is 25.3 Å². The molecule has 0 fully saturated rings. The van der Waals surface area contributed by atoms with E-state index < -0.39 is 17.5 Å². The summed E-state index contributed by atoms with van der Waals surface area (Å²) < 4.78 is 31.9. The molecule has 110 valence electrons. The first kappa shape index (κ1) is 15.4. The van der Waals surface area contributed by atoms with E-state index in [4.69, 9.17) is 4.74 Å². The van der Waals surface area contributed by atoms with Crippen LogP contribution in [0.4, 0.5) is 8.78 Å². The molecule has 0 spiro atoms. The minimum absolute atomic E-state index is 0.0927. The van der Waals surface area contributed by atoms with Crippen molar-refractivity contribution in [3.05, 3.63) is 63.6 Å². The molecule has 6 heteroatoms. The van der Waals surface area contributed by atoms with E-state index in [1.54, 1.807) is 12.1 Å². The third-order valence-corrected chi connectivity index (χ3v) is 3.49. The summed E-state index contributed by atoms with van der Waals surface area (Å²) in [5.74, 6) is -1.16. The molecule has 0 atom stereocenters. The van der Waals surface area contributed by atoms with Gasteiger partial charge in [-0.05, 0) is 51.8 Å². The quantitative estimate of drug-likeness (QED) is 0.908. The van der Waals surface area contributed by atoms with Gasteiger partial charge in [0.1, 0.15) is 17.4 Å². The van der Waals surface area contributed by atoms with Gasteiger partial charge in [0.2, 0.25) is 0 Å². The lowest BCUT2D eigenvalue weighted by molar-refractivity contribution is 0.0947. The van der Waals surface area contributed by atoms with Gasteiger partial charge in [-0.2, -0.15) is 0 Å². The van der Waals surface area contributed by atoms with Gasteiger partial charge in [-0.3, -0.25) is 4.79 Å². The molecule has 2 rings (SSSR count). The Bertz CT molecular complexity index is 677. The van der Waals surface area contributed by atoms with Crippen molar-refractivity contribution < 1.29 is 18.3 Å². The second kappa shape index (κ2) is 6.67. The minimum atomic E-state index is -0.532. The van der Waals surface area contributed by atoms with Gasteiger partial charge in [0.25, 0.3) is 5.91 Å². The Morgan fingerprint density at radius 3 is 2.67 bits per heavy atom. The van der Waals surface area contributed by atoms with Crippen molar-refractivity contribution >= 4 is 21.8 Å². The average Bonchev–Trinajstić information content (AvgIpc) is 2.48. The molecular weight excluding hydrogens is 344 g/mol. The topological polar surface area (TPSA) is 38.3 Å². The maximum absolute atomic E-state index is 13.4. The highest BCUT2D eigenvalue weighted by Gasteiger charge is 2.13. The molecule has 0 bridgehead atoms. The van der Waals surface area contributed by atoms with Gasteiger partial charge in [0.15, 0.2) is 0 Å². The highest BCUT2D eigenvalue weighted by Crippen LogP contribution is 2.20. The van der Waals surface area contributed by atoms with Crippen molar-refractivity contribution in [1.82, 2.24) is 5.32 Å². The summed E-state index contributed by atoms with van der Waals surface area (Å²) in [6.07, 6.45) is 0. The zero-order chi connectivity index (χ0) is 15.4. The number of carbonyl (C=O) groups excluding carboxylic acids is 1. The predicted molar refractivity (Wildman–Crippen MR) is 78.2 cm³/mol. The number of nitrogens with one attached hydrogen (secondary N) is 1. The molecule has 1 N–H and O–H groups in total. The number of rotatable bonds is 4. The highest BCUT2D eigenvalue weighted by atomic mass is 79.9. The van der Waals surface area contributed by atoms with Gasteiger partial charge >= 0.3 is 0 Å². The Kier molecular flexibility index (Phi) is 4.90. The lowest BCUT2D eigenvalue weighted by Crippen LogP contribution is -2.23. The van der Waals surface area contributed by atoms with Crippen LogP contribution in [0, 0.1) is 11.6 Å². The van der Waals surface area contributed by atoms with Gasteiger partial charge in [-0.25, -0.2) is 8.78 Å². The van der Waals surface area contributed by atoms with Crippen LogP contribution in [0.25, 0.3) is 0 Å². The standard InChI is InChI=1S/C15H12BrF2NO2/c1-21-14-5-3-10(17)7-11(14)15(20)19-8-9-2-4-12(16)13(18)6-9/h2-7H,8H2,1H3,(H,19,20). The zero-order valence-electron chi connectivity index (χ0n) is 11.1. The maximum Gasteiger partial charge on any atom is 0.255 e. The van der Waals surface area contributed by atoms with E-state index in [2.05, 4.69) is 21.2 Å². The Morgan fingerprint density at radius 1 is 1.24 bits per heavy atom. The Labute approximate surface area is 129 Å². The highest BCUT2D eigenvalue weighted by molar-refractivity contribution is 9.10. The fourth-order valence-electron chi connectivity index (χ4n) is 1.78. The summed E-state index contributed by atoms with van der Waals surface area (Å²) in [5.41, 5.74) is 0.689. The number of hydrogen-bond donors (Lipinski definition) is 1. The molecule has 0 saturated heterocycles. The normalized spacial score (nSPS) is 10.3. The lowest BCUT2D eigenvalue weighted by atomic mass is 10.1. The summed E-state index contributed by atoms with van der Waals surface area (Å²) in [5, 5.41) is 2.60. The van der Waals surface area contributed by atoms with Crippen LogP contribution in [0.1, 0.15) is 15.9 Å². The van der Waals surface area contributed by atoms with Crippen LogP contribution in [0.15, 0.2) is 40.9 Å². The van der Waals surface area contributed by atoms with Crippen LogP contribution in [0.5, 0.6) is 5.75 Å². The van der Waals surface area contributed by atoms with Crippen LogP contribution in [-0.2, 0) is 6.54 Å². The number of halogens is 3. The van der Waals surface area contributed by atoms with Crippen LogP contribution in [0.3, 0.4) is 0 Å². The first-order valence-electron chi connectivity index (χ1n) is 6.07.